The molecule has 180 valence electrons. The van der Waals surface area contributed by atoms with Gasteiger partial charge in [0.15, 0.2) is 0 Å². The summed E-state index contributed by atoms with van der Waals surface area (Å²) in [6.07, 6.45) is 4.11. The van der Waals surface area contributed by atoms with E-state index >= 15 is 0 Å². The van der Waals surface area contributed by atoms with Gasteiger partial charge in [-0.1, -0.05) is 24.3 Å². The number of nitrogens with one attached hydrogen (secondary N) is 3. The van der Waals surface area contributed by atoms with E-state index in [0.717, 1.165) is 22.6 Å². The minimum absolute atomic E-state index is 0.0530. The Bertz CT molecular complexity index is 1230. The smallest absolute Gasteiger partial charge is 0.240 e. The molecule has 1 fully saturated rings. The number of H-pyrrole nitrogens is 1. The molecule has 2 aromatic carbocycles. The zero-order chi connectivity index (χ0) is 24.3. The van der Waals surface area contributed by atoms with Gasteiger partial charge in [-0.15, -0.1) is 0 Å². The van der Waals surface area contributed by atoms with E-state index in [2.05, 4.69) is 20.0 Å². The number of halogens is 1. The van der Waals surface area contributed by atoms with Crippen LogP contribution in [-0.2, 0) is 14.8 Å². The monoisotopic (exact) mass is 484 g/mol. The molecule has 1 aliphatic rings. The minimum atomic E-state index is -3.66. The van der Waals surface area contributed by atoms with E-state index in [4.69, 9.17) is 0 Å². The second kappa shape index (κ2) is 10.1. The van der Waals surface area contributed by atoms with E-state index in [1.165, 1.54) is 12.1 Å². The van der Waals surface area contributed by atoms with Crippen molar-refractivity contribution in [1.82, 2.24) is 20.0 Å². The number of hydrogen-bond acceptors (Lipinski definition) is 4. The van der Waals surface area contributed by atoms with Gasteiger partial charge >= 0.3 is 0 Å². The first-order valence-electron chi connectivity index (χ1n) is 11.4. The van der Waals surface area contributed by atoms with Gasteiger partial charge in [-0.05, 0) is 74.9 Å². The highest BCUT2D eigenvalue weighted by Crippen LogP contribution is 2.27. The van der Waals surface area contributed by atoms with Crippen LogP contribution in [0.25, 0.3) is 11.3 Å². The van der Waals surface area contributed by atoms with Crippen LogP contribution in [0, 0.1) is 18.7 Å². The molecule has 7 nitrogen and oxygen atoms in total. The van der Waals surface area contributed by atoms with Crippen molar-refractivity contribution in [2.75, 3.05) is 0 Å². The van der Waals surface area contributed by atoms with Gasteiger partial charge in [-0.2, -0.15) is 0 Å². The molecule has 4 rings (SSSR count). The molecule has 34 heavy (non-hydrogen) atoms. The number of benzene rings is 2. The average molecular weight is 485 g/mol. The molecular formula is C25H29FN4O3S. The molecule has 3 N–H and O–H groups in total. The maximum atomic E-state index is 13.1. The average Bonchev–Trinajstić information content (AvgIpc) is 3.26. The number of rotatable bonds is 7. The van der Waals surface area contributed by atoms with E-state index in [1.807, 2.05) is 13.8 Å². The van der Waals surface area contributed by atoms with Crippen LogP contribution < -0.4 is 10.0 Å². The van der Waals surface area contributed by atoms with E-state index < -0.39 is 10.0 Å². The number of imidazole rings is 1. The van der Waals surface area contributed by atoms with Gasteiger partial charge in [-0.25, -0.2) is 22.5 Å². The third-order valence-corrected chi connectivity index (χ3v) is 7.86. The molecule has 1 aromatic heterocycles. The number of aromatic amines is 1. The molecule has 1 heterocycles. The van der Waals surface area contributed by atoms with Crippen LogP contribution in [0.3, 0.4) is 0 Å². The van der Waals surface area contributed by atoms with Crippen molar-refractivity contribution < 1.29 is 17.6 Å². The van der Waals surface area contributed by atoms with E-state index in [0.29, 0.717) is 25.7 Å². The Morgan fingerprint density at radius 2 is 1.71 bits per heavy atom. The standard InChI is InChI=1S/C25H29FN4O3S/c1-16(18-3-9-21(26)10-4-18)28-25(31)20-5-11-22(12-6-20)30-34(32,33)23-13-7-19(8-14-23)24-15-27-17(2)29-24/h3-4,7-10,13-16,20,22,30H,5-6,11-12H2,1-2H3,(H,27,29)(H,28,31)/t16-,20?,22?/m1/s1. The van der Waals surface area contributed by atoms with Crippen LogP contribution in [0.1, 0.15) is 50.0 Å². The zero-order valence-corrected chi connectivity index (χ0v) is 20.0. The molecule has 1 amide bonds. The molecule has 9 heteroatoms. The van der Waals surface area contributed by atoms with Crippen LogP contribution in [0.5, 0.6) is 0 Å². The number of aromatic nitrogens is 2. The van der Waals surface area contributed by atoms with Crippen molar-refractivity contribution >= 4 is 15.9 Å². The Hall–Kier alpha value is -3.04. The maximum absolute atomic E-state index is 13.1. The summed E-state index contributed by atoms with van der Waals surface area (Å²) in [4.78, 5) is 20.2. The van der Waals surface area contributed by atoms with Gasteiger partial charge in [-0.3, -0.25) is 4.79 Å². The van der Waals surface area contributed by atoms with E-state index in [9.17, 15) is 17.6 Å². The molecule has 0 radical (unpaired) electrons. The fraction of sp³-hybridized carbons (Fsp3) is 0.360. The topological polar surface area (TPSA) is 104 Å². The Kier molecular flexibility index (Phi) is 7.13. The van der Waals surface area contributed by atoms with Crippen molar-refractivity contribution in [3.8, 4) is 11.3 Å². The van der Waals surface area contributed by atoms with Crippen LogP contribution in [-0.4, -0.2) is 30.3 Å². The summed E-state index contributed by atoms with van der Waals surface area (Å²) in [6, 6.07) is 12.3. The van der Waals surface area contributed by atoms with Gasteiger partial charge in [0.25, 0.3) is 0 Å². The summed E-state index contributed by atoms with van der Waals surface area (Å²) in [5, 5.41) is 2.99. The first-order chi connectivity index (χ1) is 16.2. The number of sulfonamides is 1. The van der Waals surface area contributed by atoms with Gasteiger partial charge in [0.1, 0.15) is 11.6 Å². The van der Waals surface area contributed by atoms with Crippen molar-refractivity contribution in [2.24, 2.45) is 5.92 Å². The summed E-state index contributed by atoms with van der Waals surface area (Å²) in [5.41, 5.74) is 2.53. The second-order valence-electron chi connectivity index (χ2n) is 8.86. The number of carbonyl (C=O) groups is 1. The first kappa shape index (κ1) is 24.1. The predicted molar refractivity (Wildman–Crippen MR) is 128 cm³/mol. The Morgan fingerprint density at radius 1 is 1.06 bits per heavy atom. The van der Waals surface area contributed by atoms with Gasteiger partial charge in [0.05, 0.1) is 22.8 Å². The number of hydrogen-bond donors (Lipinski definition) is 3. The summed E-state index contributed by atoms with van der Waals surface area (Å²) >= 11 is 0. The molecule has 1 atom stereocenters. The van der Waals surface area contributed by atoms with Crippen molar-refractivity contribution in [3.63, 3.8) is 0 Å². The molecular weight excluding hydrogens is 455 g/mol. The highest BCUT2D eigenvalue weighted by molar-refractivity contribution is 7.89. The number of aryl methyl sites for hydroxylation is 1. The van der Waals surface area contributed by atoms with Crippen molar-refractivity contribution in [3.05, 3.63) is 71.9 Å². The predicted octanol–water partition coefficient (Wildman–Crippen LogP) is 4.24. The Morgan fingerprint density at radius 3 is 2.29 bits per heavy atom. The highest BCUT2D eigenvalue weighted by atomic mass is 32.2. The van der Waals surface area contributed by atoms with Crippen LogP contribution in [0.4, 0.5) is 4.39 Å². The molecule has 0 saturated heterocycles. The lowest BCUT2D eigenvalue weighted by Gasteiger charge is -2.29. The van der Waals surface area contributed by atoms with Crippen molar-refractivity contribution in [1.29, 1.82) is 0 Å². The number of amides is 1. The van der Waals surface area contributed by atoms with Gasteiger partial charge in [0.2, 0.25) is 15.9 Å². The molecule has 1 aliphatic carbocycles. The molecule has 1 saturated carbocycles. The third-order valence-electron chi connectivity index (χ3n) is 6.33. The first-order valence-corrected chi connectivity index (χ1v) is 12.9. The van der Waals surface area contributed by atoms with Gasteiger partial charge in [0, 0.05) is 12.0 Å². The highest BCUT2D eigenvalue weighted by Gasteiger charge is 2.29. The SMILES string of the molecule is Cc1ncc(-c2ccc(S(=O)(=O)NC3CCC(C(=O)N[C@H](C)c4ccc(F)cc4)CC3)cc2)[nH]1. The normalized spacial score (nSPS) is 19.5. The van der Waals surface area contributed by atoms with Crippen LogP contribution in [0.15, 0.2) is 59.6 Å². The molecule has 0 unspecified atom stereocenters. The maximum Gasteiger partial charge on any atom is 0.240 e. The summed E-state index contributed by atoms with van der Waals surface area (Å²) in [7, 11) is -3.66. The third kappa shape index (κ3) is 5.71. The molecule has 3 aromatic rings. The van der Waals surface area contributed by atoms with Crippen LogP contribution in [0.2, 0.25) is 0 Å². The molecule has 0 spiro atoms. The fourth-order valence-electron chi connectivity index (χ4n) is 4.31. The van der Waals surface area contributed by atoms with E-state index in [1.54, 1.807) is 42.6 Å². The zero-order valence-electron chi connectivity index (χ0n) is 19.2. The second-order valence-corrected chi connectivity index (χ2v) is 10.6. The molecule has 0 aliphatic heterocycles. The number of carbonyl (C=O) groups excluding carboxylic acids is 1. The largest absolute Gasteiger partial charge is 0.349 e. The Balaban J connectivity index is 1.29. The van der Waals surface area contributed by atoms with Gasteiger partial charge < -0.3 is 10.3 Å². The van der Waals surface area contributed by atoms with E-state index in [-0.39, 0.29) is 34.6 Å². The lowest BCUT2D eigenvalue weighted by atomic mass is 9.85. The lowest BCUT2D eigenvalue weighted by Crippen LogP contribution is -2.41. The Labute approximate surface area is 199 Å². The summed E-state index contributed by atoms with van der Waals surface area (Å²) in [5.74, 6) is 0.262. The minimum Gasteiger partial charge on any atom is -0.349 e. The summed E-state index contributed by atoms with van der Waals surface area (Å²) < 4.78 is 41.6. The van der Waals surface area contributed by atoms with Crippen molar-refractivity contribution in [2.45, 2.75) is 56.5 Å². The molecule has 0 bridgehead atoms. The number of nitrogens with zero attached hydrogens (tertiary/aromatic N) is 1. The van der Waals surface area contributed by atoms with Crippen LogP contribution >= 0.6 is 0 Å². The fourth-order valence-corrected chi connectivity index (χ4v) is 5.61. The summed E-state index contributed by atoms with van der Waals surface area (Å²) in [6.45, 7) is 3.72. The quantitative estimate of drug-likeness (QED) is 0.467. The lowest BCUT2D eigenvalue weighted by molar-refractivity contribution is -0.126.